The third kappa shape index (κ3) is 4.75. The lowest BCUT2D eigenvalue weighted by atomic mass is 9.97. The summed E-state index contributed by atoms with van der Waals surface area (Å²) in [6.45, 7) is 4.30. The second-order valence-corrected chi connectivity index (χ2v) is 8.23. The number of benzene rings is 1. The molecule has 2 aliphatic rings. The molecule has 33 heavy (non-hydrogen) atoms. The minimum Gasteiger partial charge on any atom is -0.462 e. The van der Waals surface area contributed by atoms with Crippen molar-refractivity contribution in [3.8, 4) is 0 Å². The molecule has 2 aromatic rings. The van der Waals surface area contributed by atoms with Gasteiger partial charge in [-0.05, 0) is 57.4 Å². The molecule has 4 rings (SSSR count). The highest BCUT2D eigenvalue weighted by Gasteiger charge is 2.39. The van der Waals surface area contributed by atoms with E-state index in [1.54, 1.807) is 36.1 Å². The van der Waals surface area contributed by atoms with E-state index in [4.69, 9.17) is 10.5 Å². The number of hydrogen-bond acceptors (Lipinski definition) is 8. The normalized spacial score (nSPS) is 21.0. The number of halogens is 1. The van der Waals surface area contributed by atoms with Crippen LogP contribution in [0.25, 0.3) is 0 Å². The number of aromatic nitrogens is 2. The Morgan fingerprint density at radius 2 is 2.18 bits per heavy atom. The van der Waals surface area contributed by atoms with Crippen molar-refractivity contribution in [2.45, 2.75) is 44.7 Å². The highest BCUT2D eigenvalue weighted by molar-refractivity contribution is 5.93. The maximum Gasteiger partial charge on any atom is 0.338 e. The van der Waals surface area contributed by atoms with E-state index in [1.165, 1.54) is 6.33 Å². The van der Waals surface area contributed by atoms with Gasteiger partial charge in [-0.15, -0.1) is 0 Å². The molecule has 0 aliphatic carbocycles. The Morgan fingerprint density at radius 1 is 1.33 bits per heavy atom. The van der Waals surface area contributed by atoms with Gasteiger partial charge < -0.3 is 25.6 Å². The summed E-state index contributed by atoms with van der Waals surface area (Å²) in [4.78, 5) is 37.3. The van der Waals surface area contributed by atoms with E-state index in [-0.39, 0.29) is 30.2 Å². The molecule has 176 valence electrons. The van der Waals surface area contributed by atoms with Crippen molar-refractivity contribution < 1.29 is 18.7 Å². The summed E-state index contributed by atoms with van der Waals surface area (Å²) in [5, 5.41) is 3.35. The standard InChI is InChI=1S/C23H29FN6O3/c1-2-33-23(32)15-6-3-7-16(12-15)30(21-19(24)20(25)27-14-28-21)18-9-5-11-29(22(18)31)17-8-4-10-26-13-17/h3,6-7,12,14,17-18,26H,2,4-5,8-11,13H2,1H3,(H2,25,27,28)/t17-,18?/m1/s1. The molecule has 2 aliphatic heterocycles. The first kappa shape index (κ1) is 22.9. The van der Waals surface area contributed by atoms with Crippen LogP contribution in [0.1, 0.15) is 43.0 Å². The Bertz CT molecular complexity index is 1010. The van der Waals surface area contributed by atoms with Crippen LogP contribution in [-0.2, 0) is 9.53 Å². The zero-order chi connectivity index (χ0) is 23.4. The van der Waals surface area contributed by atoms with Crippen LogP contribution in [-0.4, -0.2) is 65.1 Å². The molecule has 1 aromatic carbocycles. The van der Waals surface area contributed by atoms with E-state index in [9.17, 15) is 9.59 Å². The number of likely N-dealkylation sites (tertiary alicyclic amines) is 1. The van der Waals surface area contributed by atoms with Gasteiger partial charge in [-0.3, -0.25) is 4.79 Å². The lowest BCUT2D eigenvalue weighted by molar-refractivity contribution is -0.137. The van der Waals surface area contributed by atoms with E-state index in [0.717, 1.165) is 32.4 Å². The van der Waals surface area contributed by atoms with Crippen molar-refractivity contribution in [1.82, 2.24) is 20.2 Å². The second kappa shape index (κ2) is 10.1. The summed E-state index contributed by atoms with van der Waals surface area (Å²) in [6, 6.07) is 6.00. The third-order valence-corrected chi connectivity index (χ3v) is 6.13. The molecule has 9 nitrogen and oxygen atoms in total. The molecular weight excluding hydrogens is 427 g/mol. The van der Waals surface area contributed by atoms with Gasteiger partial charge in [0.25, 0.3) is 0 Å². The number of nitrogens with zero attached hydrogens (tertiary/aromatic N) is 4. The Kier molecular flexibility index (Phi) is 7.02. The quantitative estimate of drug-likeness (QED) is 0.637. The number of piperidine rings is 2. The monoisotopic (exact) mass is 456 g/mol. The van der Waals surface area contributed by atoms with Crippen LogP contribution >= 0.6 is 0 Å². The van der Waals surface area contributed by atoms with Crippen molar-refractivity contribution in [2.75, 3.05) is 36.9 Å². The fourth-order valence-electron chi connectivity index (χ4n) is 4.57. The summed E-state index contributed by atoms with van der Waals surface area (Å²) < 4.78 is 20.2. The van der Waals surface area contributed by atoms with Gasteiger partial charge in [-0.2, -0.15) is 4.39 Å². The maximum absolute atomic E-state index is 15.1. The van der Waals surface area contributed by atoms with Crippen molar-refractivity contribution in [1.29, 1.82) is 0 Å². The fourth-order valence-corrected chi connectivity index (χ4v) is 4.57. The van der Waals surface area contributed by atoms with E-state index >= 15 is 4.39 Å². The average Bonchev–Trinajstić information content (AvgIpc) is 2.84. The van der Waals surface area contributed by atoms with Crippen molar-refractivity contribution in [2.24, 2.45) is 0 Å². The fraction of sp³-hybridized carbons (Fsp3) is 0.478. The molecule has 10 heteroatoms. The molecule has 0 saturated carbocycles. The predicted molar refractivity (Wildman–Crippen MR) is 122 cm³/mol. The van der Waals surface area contributed by atoms with Gasteiger partial charge in [0.2, 0.25) is 11.7 Å². The van der Waals surface area contributed by atoms with Gasteiger partial charge in [0.1, 0.15) is 12.4 Å². The molecule has 2 fully saturated rings. The van der Waals surface area contributed by atoms with E-state index in [2.05, 4.69) is 15.3 Å². The summed E-state index contributed by atoms with van der Waals surface area (Å²) in [6.07, 6.45) is 4.39. The maximum atomic E-state index is 15.1. The third-order valence-electron chi connectivity index (χ3n) is 6.13. The van der Waals surface area contributed by atoms with Crippen LogP contribution in [0.3, 0.4) is 0 Å². The number of hydrogen-bond donors (Lipinski definition) is 2. The van der Waals surface area contributed by atoms with Crippen LogP contribution in [0.5, 0.6) is 0 Å². The predicted octanol–water partition coefficient (Wildman–Crippen LogP) is 2.26. The van der Waals surface area contributed by atoms with Crippen molar-refractivity contribution >= 4 is 29.2 Å². The van der Waals surface area contributed by atoms with E-state index in [0.29, 0.717) is 24.2 Å². The number of nitrogen functional groups attached to an aromatic ring is 1. The van der Waals surface area contributed by atoms with Crippen molar-refractivity contribution in [3.05, 3.63) is 42.0 Å². The van der Waals surface area contributed by atoms with Crippen LogP contribution in [0.2, 0.25) is 0 Å². The highest BCUT2D eigenvalue weighted by Crippen LogP contribution is 2.34. The number of anilines is 3. The smallest absolute Gasteiger partial charge is 0.338 e. The molecule has 1 aromatic heterocycles. The van der Waals surface area contributed by atoms with Crippen LogP contribution in [0, 0.1) is 5.82 Å². The number of nitrogens with two attached hydrogens (primary N) is 1. The summed E-state index contributed by atoms with van der Waals surface area (Å²) in [5.41, 5.74) is 6.49. The summed E-state index contributed by atoms with van der Waals surface area (Å²) in [7, 11) is 0. The number of carbonyl (C=O) groups excluding carboxylic acids is 2. The summed E-state index contributed by atoms with van der Waals surface area (Å²) >= 11 is 0. The number of amides is 1. The van der Waals surface area contributed by atoms with Gasteiger partial charge in [0.15, 0.2) is 11.6 Å². The van der Waals surface area contributed by atoms with Gasteiger partial charge in [0, 0.05) is 24.8 Å². The molecular formula is C23H29FN6O3. The minimum atomic E-state index is -0.803. The molecule has 3 N–H and O–H groups in total. The first-order chi connectivity index (χ1) is 16.0. The SMILES string of the molecule is CCOC(=O)c1cccc(N(c2ncnc(N)c2F)C2CCCN([C@@H]3CCCNC3)C2=O)c1. The largest absolute Gasteiger partial charge is 0.462 e. The lowest BCUT2D eigenvalue weighted by Gasteiger charge is -2.43. The number of rotatable bonds is 6. The molecule has 2 saturated heterocycles. The van der Waals surface area contributed by atoms with E-state index in [1.807, 2.05) is 4.90 Å². The second-order valence-electron chi connectivity index (χ2n) is 8.23. The Labute approximate surface area is 192 Å². The molecule has 1 amide bonds. The minimum absolute atomic E-state index is 0.0897. The topological polar surface area (TPSA) is 114 Å². The Balaban J connectivity index is 1.75. The lowest BCUT2D eigenvalue weighted by Crippen LogP contribution is -2.57. The number of esters is 1. The van der Waals surface area contributed by atoms with Gasteiger partial charge in [0.05, 0.1) is 12.2 Å². The first-order valence-electron chi connectivity index (χ1n) is 11.3. The van der Waals surface area contributed by atoms with Crippen LogP contribution in [0.4, 0.5) is 21.7 Å². The summed E-state index contributed by atoms with van der Waals surface area (Å²) in [5.74, 6) is -1.78. The average molecular weight is 457 g/mol. The zero-order valence-electron chi connectivity index (χ0n) is 18.7. The molecule has 0 bridgehead atoms. The van der Waals surface area contributed by atoms with Gasteiger partial charge in [-0.1, -0.05) is 6.07 Å². The van der Waals surface area contributed by atoms with Gasteiger partial charge >= 0.3 is 5.97 Å². The molecule has 0 radical (unpaired) electrons. The van der Waals surface area contributed by atoms with E-state index < -0.39 is 17.8 Å². The highest BCUT2D eigenvalue weighted by atomic mass is 19.1. The first-order valence-corrected chi connectivity index (χ1v) is 11.3. The molecule has 1 unspecified atom stereocenters. The molecule has 3 heterocycles. The number of ether oxygens (including phenoxy) is 1. The van der Waals surface area contributed by atoms with Crippen LogP contribution in [0.15, 0.2) is 30.6 Å². The number of carbonyl (C=O) groups is 2. The van der Waals surface area contributed by atoms with Gasteiger partial charge in [-0.25, -0.2) is 14.8 Å². The molecule has 0 spiro atoms. The van der Waals surface area contributed by atoms with Crippen molar-refractivity contribution in [3.63, 3.8) is 0 Å². The number of nitrogens with one attached hydrogen (secondary N) is 1. The zero-order valence-corrected chi connectivity index (χ0v) is 18.7. The Hall–Kier alpha value is -3.27. The molecule has 2 atom stereocenters. The van der Waals surface area contributed by atoms with Crippen LogP contribution < -0.4 is 16.0 Å². The Morgan fingerprint density at radius 3 is 2.94 bits per heavy atom.